The summed E-state index contributed by atoms with van der Waals surface area (Å²) in [7, 11) is 0. The van der Waals surface area contributed by atoms with Crippen molar-refractivity contribution >= 4 is 11.8 Å². The molecule has 2 fully saturated rings. The lowest BCUT2D eigenvalue weighted by molar-refractivity contribution is -0.371. The molecule has 18 atom stereocenters. The standard InChI is InChI=1S/C44H74O11/c1-11-33-16-14-12-13-15-27(4)42(51)43(10,52)37(47)24-34(46)29(6)40(50)31(8)39(49)26(3)17-20-38(48)53-41-30(7)35(19-18-33)54-44(32(41)9)22-21-25(2)36(55-44)23-28(5)45/h12-14,16-17,20,25-36,39-42,45-46,49-52H,11,15,18-19,21-24H2,1-10H3/b13-12+,16-14+,20-17+/t25-,26-,27+,28-,29+,30-,31-,32+,33-,34+,35+,36+,39-,40+,41+,42+,43-,44-/m0/s1. The van der Waals surface area contributed by atoms with Gasteiger partial charge in [-0.2, -0.15) is 0 Å². The van der Waals surface area contributed by atoms with Crippen LogP contribution in [0.3, 0.4) is 0 Å². The second kappa shape index (κ2) is 20.6. The topological polar surface area (TPSA) is 183 Å². The van der Waals surface area contributed by atoms with E-state index in [1.807, 2.05) is 32.1 Å². The first-order valence-corrected chi connectivity index (χ1v) is 20.9. The molecule has 11 nitrogen and oxygen atoms in total. The molecular formula is C44H74O11. The molecule has 2 bridgehead atoms. The van der Waals surface area contributed by atoms with Crippen LogP contribution in [0.1, 0.15) is 121 Å². The number of carbonyl (C=O) groups is 2. The molecule has 316 valence electrons. The van der Waals surface area contributed by atoms with Gasteiger partial charge in [-0.05, 0) is 70.1 Å². The number of aliphatic hydroxyl groups excluding tert-OH is 5. The number of Topliss-reactive ketones (excluding diaryl/α,β-unsaturated/α-hetero) is 1. The van der Waals surface area contributed by atoms with Gasteiger partial charge in [0.15, 0.2) is 11.6 Å². The Labute approximate surface area is 330 Å². The van der Waals surface area contributed by atoms with Gasteiger partial charge >= 0.3 is 5.97 Å². The Bertz CT molecular complexity index is 1310. The van der Waals surface area contributed by atoms with Gasteiger partial charge in [-0.3, -0.25) is 4.79 Å². The highest BCUT2D eigenvalue weighted by molar-refractivity contribution is 5.87. The van der Waals surface area contributed by atoms with E-state index in [0.29, 0.717) is 25.7 Å². The van der Waals surface area contributed by atoms with Gasteiger partial charge < -0.3 is 44.8 Å². The molecule has 0 amide bonds. The molecule has 0 aromatic heterocycles. The van der Waals surface area contributed by atoms with E-state index >= 15 is 0 Å². The van der Waals surface area contributed by atoms with Crippen LogP contribution in [-0.2, 0) is 23.8 Å². The summed E-state index contributed by atoms with van der Waals surface area (Å²) in [5.74, 6) is -4.97. The minimum atomic E-state index is -2.13. The van der Waals surface area contributed by atoms with Gasteiger partial charge in [0.1, 0.15) is 11.7 Å². The molecule has 2 saturated heterocycles. The Hall–Kier alpha value is -1.96. The highest BCUT2D eigenvalue weighted by Crippen LogP contribution is 2.49. The number of fused-ring (bicyclic) bond motifs is 2. The Kier molecular flexibility index (Phi) is 17.8. The van der Waals surface area contributed by atoms with Gasteiger partial charge in [0.05, 0.1) is 42.7 Å². The molecular weight excluding hydrogens is 704 g/mol. The maximum Gasteiger partial charge on any atom is 0.330 e. The van der Waals surface area contributed by atoms with Crippen molar-refractivity contribution in [1.82, 2.24) is 0 Å². The predicted octanol–water partition coefficient (Wildman–Crippen LogP) is 5.43. The summed E-state index contributed by atoms with van der Waals surface area (Å²) >= 11 is 0. The van der Waals surface area contributed by atoms with E-state index in [1.165, 1.54) is 13.0 Å². The van der Waals surface area contributed by atoms with Gasteiger partial charge in [0.2, 0.25) is 0 Å². The molecule has 11 heteroatoms. The Morgan fingerprint density at radius 2 is 1.53 bits per heavy atom. The molecule has 0 aliphatic carbocycles. The summed E-state index contributed by atoms with van der Waals surface area (Å²) in [6, 6.07) is 0. The van der Waals surface area contributed by atoms with Crippen molar-refractivity contribution in [1.29, 1.82) is 0 Å². The number of esters is 1. The van der Waals surface area contributed by atoms with Gasteiger partial charge in [-0.15, -0.1) is 0 Å². The van der Waals surface area contributed by atoms with Crippen LogP contribution in [0.25, 0.3) is 0 Å². The fourth-order valence-electron chi connectivity index (χ4n) is 8.75. The molecule has 55 heavy (non-hydrogen) atoms. The van der Waals surface area contributed by atoms with Crippen LogP contribution < -0.4 is 0 Å². The predicted molar refractivity (Wildman–Crippen MR) is 211 cm³/mol. The maximum absolute atomic E-state index is 13.5. The van der Waals surface area contributed by atoms with E-state index in [0.717, 1.165) is 19.3 Å². The van der Waals surface area contributed by atoms with Crippen LogP contribution in [-0.4, -0.2) is 103 Å². The normalized spacial score (nSPS) is 47.4. The highest BCUT2D eigenvalue weighted by atomic mass is 16.7. The lowest BCUT2D eigenvalue weighted by Gasteiger charge is -2.55. The monoisotopic (exact) mass is 779 g/mol. The number of ketones is 1. The number of rotatable bonds is 3. The minimum absolute atomic E-state index is 0.154. The lowest BCUT2D eigenvalue weighted by atomic mass is 9.74. The Morgan fingerprint density at radius 1 is 0.855 bits per heavy atom. The average molecular weight is 779 g/mol. The fraction of sp³-hybridized carbons (Fsp3) is 0.818. The largest absolute Gasteiger partial charge is 0.458 e. The van der Waals surface area contributed by atoms with Crippen molar-refractivity contribution in [3.63, 3.8) is 0 Å². The summed E-state index contributed by atoms with van der Waals surface area (Å²) in [4.78, 5) is 26.7. The minimum Gasteiger partial charge on any atom is -0.458 e. The molecule has 0 saturated carbocycles. The third-order valence-electron chi connectivity index (χ3n) is 13.3. The molecule has 0 aromatic rings. The number of hydrogen-bond donors (Lipinski definition) is 6. The molecule has 0 unspecified atom stereocenters. The van der Waals surface area contributed by atoms with E-state index < -0.39 is 89.9 Å². The summed E-state index contributed by atoms with van der Waals surface area (Å²) < 4.78 is 20.0. The smallest absolute Gasteiger partial charge is 0.330 e. The second-order valence-electron chi connectivity index (χ2n) is 17.8. The number of aliphatic hydroxyl groups is 6. The number of allylic oxidation sites excluding steroid dienone is 4. The van der Waals surface area contributed by atoms with E-state index in [-0.39, 0.29) is 35.9 Å². The van der Waals surface area contributed by atoms with Crippen LogP contribution in [0.15, 0.2) is 36.5 Å². The quantitative estimate of drug-likeness (QED) is 0.201. The molecule has 6 N–H and O–H groups in total. The molecule has 1 spiro atoms. The zero-order valence-electron chi connectivity index (χ0n) is 35.1. The van der Waals surface area contributed by atoms with Crippen molar-refractivity contribution in [3.05, 3.63) is 36.5 Å². The van der Waals surface area contributed by atoms with E-state index in [2.05, 4.69) is 19.9 Å². The van der Waals surface area contributed by atoms with Crippen LogP contribution in [0.5, 0.6) is 0 Å². The first-order chi connectivity index (χ1) is 25.7. The number of ether oxygens (including phenoxy) is 3. The number of carbonyl (C=O) groups excluding carboxylic acids is 2. The summed E-state index contributed by atoms with van der Waals surface area (Å²) in [6.07, 6.45) is 8.38. The van der Waals surface area contributed by atoms with Crippen molar-refractivity contribution in [2.75, 3.05) is 0 Å². The fourth-order valence-corrected chi connectivity index (χ4v) is 8.75. The molecule has 0 aromatic carbocycles. The van der Waals surface area contributed by atoms with E-state index in [9.17, 15) is 40.2 Å². The van der Waals surface area contributed by atoms with Gasteiger partial charge in [-0.25, -0.2) is 4.79 Å². The van der Waals surface area contributed by atoms with E-state index in [1.54, 1.807) is 40.7 Å². The number of hydrogen-bond acceptors (Lipinski definition) is 11. The van der Waals surface area contributed by atoms with Gasteiger partial charge in [0, 0.05) is 48.5 Å². The molecule has 3 heterocycles. The first-order valence-electron chi connectivity index (χ1n) is 20.9. The highest BCUT2D eigenvalue weighted by Gasteiger charge is 2.56. The van der Waals surface area contributed by atoms with Crippen LogP contribution >= 0.6 is 0 Å². The summed E-state index contributed by atoms with van der Waals surface area (Å²) in [5.41, 5.74) is -2.13. The zero-order valence-corrected chi connectivity index (χ0v) is 35.1. The third-order valence-corrected chi connectivity index (χ3v) is 13.3. The Balaban J connectivity index is 1.96. The van der Waals surface area contributed by atoms with Crippen molar-refractivity contribution in [3.8, 4) is 0 Å². The lowest BCUT2D eigenvalue weighted by Crippen LogP contribution is -2.62. The molecule has 3 rings (SSSR count). The summed E-state index contributed by atoms with van der Waals surface area (Å²) in [6.45, 7) is 18.0. The molecule has 3 aliphatic rings. The van der Waals surface area contributed by atoms with Crippen LogP contribution in [0.4, 0.5) is 0 Å². The Morgan fingerprint density at radius 3 is 2.16 bits per heavy atom. The molecule has 0 radical (unpaired) electrons. The van der Waals surface area contributed by atoms with Crippen LogP contribution in [0, 0.1) is 47.3 Å². The van der Waals surface area contributed by atoms with E-state index in [4.69, 9.17) is 14.2 Å². The maximum atomic E-state index is 13.5. The average Bonchev–Trinajstić information content (AvgIpc) is 3.14. The van der Waals surface area contributed by atoms with Crippen molar-refractivity contribution in [2.45, 2.75) is 181 Å². The SMILES string of the molecule is CC[C@H]1/C=C/C=C/C[C@@H](C)[C@@H](O)[C@@](C)(O)C(=O)C[C@@H](O)[C@@H](C)[C@@H](O)[C@@H](C)[C@@H](O)[C@@H](C)/C=C/C(=O)O[C@@H]2[C@@H](C)[C@@H](CC1)O[C@]1(CC[C@H](C)[C@@H](C[C@H](C)O)O1)[C@@H]2C. The van der Waals surface area contributed by atoms with Gasteiger partial charge in [0.25, 0.3) is 0 Å². The van der Waals surface area contributed by atoms with Crippen molar-refractivity contribution < 1.29 is 54.4 Å². The second-order valence-corrected chi connectivity index (χ2v) is 17.8. The first kappa shape index (κ1) is 47.4. The summed E-state index contributed by atoms with van der Waals surface area (Å²) in [5, 5.41) is 65.7. The van der Waals surface area contributed by atoms with Crippen LogP contribution in [0.2, 0.25) is 0 Å². The van der Waals surface area contributed by atoms with Gasteiger partial charge in [-0.1, -0.05) is 85.8 Å². The zero-order chi connectivity index (χ0) is 41.4. The molecule has 3 aliphatic heterocycles. The third kappa shape index (κ3) is 12.0. The van der Waals surface area contributed by atoms with Crippen molar-refractivity contribution in [2.24, 2.45) is 47.3 Å².